The Morgan fingerprint density at radius 2 is 1.83 bits per heavy atom. The number of hydrogen-bond acceptors (Lipinski definition) is 5. The molecule has 1 aliphatic heterocycles. The van der Waals surface area contributed by atoms with Crippen LogP contribution in [0.5, 0.6) is 0 Å². The van der Waals surface area contributed by atoms with E-state index in [1.807, 2.05) is 13.0 Å². The van der Waals surface area contributed by atoms with Crippen LogP contribution >= 0.6 is 0 Å². The molecule has 3 heterocycles. The van der Waals surface area contributed by atoms with Gasteiger partial charge in [-0.25, -0.2) is 18.1 Å². The normalized spacial score (nSPS) is 24.8. The van der Waals surface area contributed by atoms with Gasteiger partial charge in [0.25, 0.3) is 5.91 Å². The molecule has 1 amide bonds. The van der Waals surface area contributed by atoms with Gasteiger partial charge in [0.2, 0.25) is 0 Å². The molecule has 1 N–H and O–H groups in total. The Morgan fingerprint density at radius 3 is 2.47 bits per heavy atom. The first-order chi connectivity index (χ1) is 14.4. The number of amides is 1. The minimum atomic E-state index is -3.03. The molecule has 2 aliphatic carbocycles. The van der Waals surface area contributed by atoms with Crippen molar-refractivity contribution in [3.8, 4) is 0 Å². The van der Waals surface area contributed by atoms with E-state index in [2.05, 4.69) is 10.4 Å². The lowest BCUT2D eigenvalue weighted by Gasteiger charge is -2.17. The number of sulfone groups is 1. The van der Waals surface area contributed by atoms with Gasteiger partial charge in [0.05, 0.1) is 34.2 Å². The van der Waals surface area contributed by atoms with Crippen LogP contribution in [0.15, 0.2) is 6.07 Å². The summed E-state index contributed by atoms with van der Waals surface area (Å²) in [7, 11) is -3.03. The maximum absolute atomic E-state index is 13.3. The van der Waals surface area contributed by atoms with Gasteiger partial charge in [-0.1, -0.05) is 25.7 Å². The minimum absolute atomic E-state index is 0.0436. The summed E-state index contributed by atoms with van der Waals surface area (Å²) >= 11 is 0. The molecule has 0 aromatic carbocycles. The average molecular weight is 431 g/mol. The van der Waals surface area contributed by atoms with Gasteiger partial charge in [-0.2, -0.15) is 5.10 Å². The van der Waals surface area contributed by atoms with Crippen LogP contribution < -0.4 is 5.32 Å². The molecular formula is C22H30N4O3S. The number of nitrogens with one attached hydrogen (secondary N) is 1. The maximum Gasteiger partial charge on any atom is 0.252 e. The van der Waals surface area contributed by atoms with Crippen LogP contribution in [0.4, 0.5) is 0 Å². The standard InChI is InChI=1S/C22H30N4O3S/c1-14-20-18(22(27)23-16-6-4-2-3-5-7-16)12-19(15-8-9-15)24-21(20)26(25-14)17-10-11-30(28,29)13-17/h12,15-17H,2-11,13H2,1H3,(H,23,27). The summed E-state index contributed by atoms with van der Waals surface area (Å²) < 4.78 is 25.9. The number of carbonyl (C=O) groups is 1. The molecule has 3 fully saturated rings. The van der Waals surface area contributed by atoms with Crippen LogP contribution in [0.1, 0.15) is 91.5 Å². The SMILES string of the molecule is Cc1nn(C2CCS(=O)(=O)C2)c2nc(C3CC3)cc(C(=O)NC3CCCCCC3)c12. The van der Waals surface area contributed by atoms with Crippen molar-refractivity contribution in [2.75, 3.05) is 11.5 Å². The molecule has 8 heteroatoms. The van der Waals surface area contributed by atoms with E-state index in [-0.39, 0.29) is 29.5 Å². The first-order valence-electron chi connectivity index (χ1n) is 11.3. The van der Waals surface area contributed by atoms with E-state index >= 15 is 0 Å². The van der Waals surface area contributed by atoms with Gasteiger partial charge in [0.1, 0.15) is 0 Å². The van der Waals surface area contributed by atoms with Crippen molar-refractivity contribution in [1.29, 1.82) is 0 Å². The molecule has 7 nitrogen and oxygen atoms in total. The Bertz CT molecular complexity index is 1080. The second kappa shape index (κ2) is 7.62. The van der Waals surface area contributed by atoms with Crippen molar-refractivity contribution in [3.63, 3.8) is 0 Å². The van der Waals surface area contributed by atoms with Crippen molar-refractivity contribution in [1.82, 2.24) is 20.1 Å². The molecule has 30 heavy (non-hydrogen) atoms. The van der Waals surface area contributed by atoms with Gasteiger partial charge >= 0.3 is 0 Å². The van der Waals surface area contributed by atoms with Crippen LogP contribution in [0, 0.1) is 6.92 Å². The van der Waals surface area contributed by atoms with Crippen LogP contribution in [-0.4, -0.2) is 46.6 Å². The first-order valence-corrected chi connectivity index (χ1v) is 13.1. The van der Waals surface area contributed by atoms with Gasteiger partial charge in [-0.05, 0) is 45.1 Å². The second-order valence-corrected chi connectivity index (χ2v) is 11.5. The van der Waals surface area contributed by atoms with E-state index in [1.54, 1.807) is 4.68 Å². The lowest BCUT2D eigenvalue weighted by atomic mass is 10.0. The molecule has 1 unspecified atom stereocenters. The van der Waals surface area contributed by atoms with Crippen molar-refractivity contribution < 1.29 is 13.2 Å². The monoisotopic (exact) mass is 430 g/mol. The highest BCUT2D eigenvalue weighted by molar-refractivity contribution is 7.91. The predicted octanol–water partition coefficient (Wildman–Crippen LogP) is 3.43. The summed E-state index contributed by atoms with van der Waals surface area (Å²) in [5, 5.41) is 8.72. The summed E-state index contributed by atoms with van der Waals surface area (Å²) in [6.07, 6.45) is 9.62. The van der Waals surface area contributed by atoms with Gasteiger partial charge in [0.15, 0.2) is 15.5 Å². The fourth-order valence-corrected chi connectivity index (χ4v) is 6.70. The molecule has 3 aliphatic rings. The Hall–Kier alpha value is -1.96. The molecule has 162 valence electrons. The lowest BCUT2D eigenvalue weighted by molar-refractivity contribution is 0.0935. The van der Waals surface area contributed by atoms with E-state index in [4.69, 9.17) is 4.98 Å². The third-order valence-electron chi connectivity index (χ3n) is 6.84. The summed E-state index contributed by atoms with van der Waals surface area (Å²) in [5.41, 5.74) is 3.01. The highest BCUT2D eigenvalue weighted by atomic mass is 32.2. The third kappa shape index (κ3) is 3.86. The molecule has 5 rings (SSSR count). The molecule has 1 saturated heterocycles. The molecular weight excluding hydrogens is 400 g/mol. The fourth-order valence-electron chi connectivity index (χ4n) is 5.01. The quantitative estimate of drug-likeness (QED) is 0.750. The number of aromatic nitrogens is 3. The number of aryl methyl sites for hydroxylation is 1. The van der Waals surface area contributed by atoms with Crippen LogP contribution in [-0.2, 0) is 9.84 Å². The zero-order valence-electron chi connectivity index (χ0n) is 17.6. The molecule has 2 aromatic heterocycles. The summed E-state index contributed by atoms with van der Waals surface area (Å²) in [6, 6.07) is 1.98. The number of carbonyl (C=O) groups excluding carboxylic acids is 1. The molecule has 1 atom stereocenters. The molecule has 2 saturated carbocycles. The maximum atomic E-state index is 13.3. The van der Waals surface area contributed by atoms with Gasteiger partial charge in [0, 0.05) is 17.7 Å². The van der Waals surface area contributed by atoms with E-state index in [9.17, 15) is 13.2 Å². The second-order valence-electron chi connectivity index (χ2n) is 9.32. The Balaban J connectivity index is 1.55. The molecule has 0 radical (unpaired) electrons. The Kier molecular flexibility index (Phi) is 5.08. The van der Waals surface area contributed by atoms with Crippen LogP contribution in [0.3, 0.4) is 0 Å². The topological polar surface area (TPSA) is 93.9 Å². The van der Waals surface area contributed by atoms with Crippen LogP contribution in [0.2, 0.25) is 0 Å². The van der Waals surface area contributed by atoms with Gasteiger partial charge < -0.3 is 5.32 Å². The van der Waals surface area contributed by atoms with Crippen LogP contribution in [0.25, 0.3) is 11.0 Å². The zero-order chi connectivity index (χ0) is 20.9. The van der Waals surface area contributed by atoms with E-state index in [0.717, 1.165) is 55.3 Å². The summed E-state index contributed by atoms with van der Waals surface area (Å²) in [4.78, 5) is 18.2. The molecule has 0 bridgehead atoms. The van der Waals surface area contributed by atoms with E-state index in [1.165, 1.54) is 12.8 Å². The highest BCUT2D eigenvalue weighted by Gasteiger charge is 2.34. The number of fused-ring (bicyclic) bond motifs is 1. The van der Waals surface area contributed by atoms with E-state index in [0.29, 0.717) is 23.5 Å². The highest BCUT2D eigenvalue weighted by Crippen LogP contribution is 2.41. The summed E-state index contributed by atoms with van der Waals surface area (Å²) in [5.74, 6) is 0.644. The smallest absolute Gasteiger partial charge is 0.252 e. The molecule has 2 aromatic rings. The average Bonchev–Trinajstić information content (AvgIpc) is 3.47. The van der Waals surface area contributed by atoms with Crippen molar-refractivity contribution in [3.05, 3.63) is 23.0 Å². The van der Waals surface area contributed by atoms with Crippen molar-refractivity contribution >= 4 is 26.8 Å². The van der Waals surface area contributed by atoms with Gasteiger partial charge in [-0.15, -0.1) is 0 Å². The van der Waals surface area contributed by atoms with Crippen molar-refractivity contribution in [2.24, 2.45) is 0 Å². The number of pyridine rings is 1. The Morgan fingerprint density at radius 1 is 1.10 bits per heavy atom. The lowest BCUT2D eigenvalue weighted by Crippen LogP contribution is -2.34. The predicted molar refractivity (Wildman–Crippen MR) is 116 cm³/mol. The molecule has 0 spiro atoms. The number of nitrogens with zero attached hydrogens (tertiary/aromatic N) is 3. The first kappa shape index (κ1) is 20.0. The number of rotatable bonds is 4. The fraction of sp³-hybridized carbons (Fsp3) is 0.682. The zero-order valence-corrected chi connectivity index (χ0v) is 18.4. The minimum Gasteiger partial charge on any atom is -0.349 e. The van der Waals surface area contributed by atoms with Crippen molar-refractivity contribution in [2.45, 2.75) is 82.7 Å². The number of hydrogen-bond donors (Lipinski definition) is 1. The van der Waals surface area contributed by atoms with Gasteiger partial charge in [-0.3, -0.25) is 4.79 Å². The summed E-state index contributed by atoms with van der Waals surface area (Å²) in [6.45, 7) is 1.89. The Labute approximate surface area is 177 Å². The largest absolute Gasteiger partial charge is 0.349 e. The van der Waals surface area contributed by atoms with E-state index < -0.39 is 9.84 Å². The third-order valence-corrected chi connectivity index (χ3v) is 8.59.